The fourth-order valence-corrected chi connectivity index (χ4v) is 2.20. The van der Waals surface area contributed by atoms with Crippen molar-refractivity contribution in [3.05, 3.63) is 35.4 Å². The van der Waals surface area contributed by atoms with E-state index in [4.69, 9.17) is 0 Å². The topological polar surface area (TPSA) is 20.3 Å². The predicted molar refractivity (Wildman–Crippen MR) is 63.5 cm³/mol. The molecule has 2 nitrogen and oxygen atoms in total. The summed E-state index contributed by atoms with van der Waals surface area (Å²) in [4.78, 5) is 13.3. The molecule has 1 atom stereocenters. The minimum atomic E-state index is -4.30. The number of nitrogens with zero attached hydrogens (tertiary/aromatic N) is 1. The number of alkyl halides is 3. The van der Waals surface area contributed by atoms with Crippen molar-refractivity contribution in [1.29, 1.82) is 0 Å². The van der Waals surface area contributed by atoms with Gasteiger partial charge < -0.3 is 4.81 Å². The van der Waals surface area contributed by atoms with Gasteiger partial charge in [0.15, 0.2) is 0 Å². The number of rotatable bonds is 2. The van der Waals surface area contributed by atoms with E-state index in [1.165, 1.54) is 12.1 Å². The standard InChI is InChI=1S/C12H13BF3NO/c13-17-6-5-9(11(17)18)7-8-1-3-10(4-2-8)12(14,15)16/h1-4,9H,5-7,13H2. The molecule has 0 spiro atoms. The summed E-state index contributed by atoms with van der Waals surface area (Å²) in [7, 11) is 1.75. The Morgan fingerprint density at radius 1 is 1.28 bits per heavy atom. The normalized spacial score (nSPS) is 20.5. The van der Waals surface area contributed by atoms with Crippen LogP contribution in [0.2, 0.25) is 0 Å². The summed E-state index contributed by atoms with van der Waals surface area (Å²) in [5.41, 5.74) is 0.123. The van der Waals surface area contributed by atoms with Crippen LogP contribution in [-0.4, -0.2) is 25.2 Å². The van der Waals surface area contributed by atoms with E-state index in [2.05, 4.69) is 0 Å². The van der Waals surface area contributed by atoms with E-state index in [0.29, 0.717) is 6.42 Å². The molecule has 2 rings (SSSR count). The van der Waals surface area contributed by atoms with Crippen molar-refractivity contribution in [3.8, 4) is 0 Å². The highest BCUT2D eigenvalue weighted by atomic mass is 19.4. The van der Waals surface area contributed by atoms with Crippen molar-refractivity contribution in [2.45, 2.75) is 19.0 Å². The summed E-state index contributed by atoms with van der Waals surface area (Å²) in [6.45, 7) is 0.726. The molecule has 1 heterocycles. The first-order chi connectivity index (χ1) is 8.38. The average molecular weight is 255 g/mol. The lowest BCUT2D eigenvalue weighted by atomic mass is 9.97. The highest BCUT2D eigenvalue weighted by Gasteiger charge is 2.31. The van der Waals surface area contributed by atoms with E-state index in [-0.39, 0.29) is 11.8 Å². The van der Waals surface area contributed by atoms with Gasteiger partial charge in [-0.2, -0.15) is 13.2 Å². The molecule has 1 aliphatic heterocycles. The summed E-state index contributed by atoms with van der Waals surface area (Å²) in [5, 5.41) is 0. The zero-order valence-corrected chi connectivity index (χ0v) is 10.00. The molecular weight excluding hydrogens is 242 g/mol. The van der Waals surface area contributed by atoms with Crippen molar-refractivity contribution < 1.29 is 18.0 Å². The lowest BCUT2D eigenvalue weighted by Gasteiger charge is -2.11. The first kappa shape index (κ1) is 13.0. The number of amides is 1. The fraction of sp³-hybridized carbons (Fsp3) is 0.417. The molecule has 0 aliphatic carbocycles. The van der Waals surface area contributed by atoms with Crippen LogP contribution in [-0.2, 0) is 17.4 Å². The minimum Gasteiger partial charge on any atom is -0.393 e. The van der Waals surface area contributed by atoms with E-state index in [1.807, 2.05) is 0 Å². The van der Waals surface area contributed by atoms with Crippen LogP contribution in [0, 0.1) is 5.92 Å². The molecule has 1 aromatic carbocycles. The Balaban J connectivity index is 2.05. The Morgan fingerprint density at radius 3 is 2.33 bits per heavy atom. The maximum Gasteiger partial charge on any atom is 0.416 e. The average Bonchev–Trinajstić information content (AvgIpc) is 2.61. The van der Waals surface area contributed by atoms with E-state index in [9.17, 15) is 18.0 Å². The Bertz CT molecular complexity index is 444. The summed E-state index contributed by atoms with van der Waals surface area (Å²) in [6.07, 6.45) is -3.01. The first-order valence-corrected chi connectivity index (χ1v) is 5.79. The van der Waals surface area contributed by atoms with Crippen LogP contribution in [0.3, 0.4) is 0 Å². The van der Waals surface area contributed by atoms with Crippen LogP contribution in [0.1, 0.15) is 17.5 Å². The van der Waals surface area contributed by atoms with Gasteiger partial charge in [-0.05, 0) is 30.5 Å². The van der Waals surface area contributed by atoms with Gasteiger partial charge in [0, 0.05) is 12.5 Å². The maximum absolute atomic E-state index is 12.4. The molecule has 1 unspecified atom stereocenters. The lowest BCUT2D eigenvalue weighted by molar-refractivity contribution is -0.137. The predicted octanol–water partition coefficient (Wildman–Crippen LogP) is 1.64. The van der Waals surface area contributed by atoms with E-state index in [0.717, 1.165) is 30.7 Å². The molecule has 96 valence electrons. The zero-order valence-electron chi connectivity index (χ0n) is 10.00. The molecule has 1 aliphatic rings. The third-order valence-corrected chi connectivity index (χ3v) is 3.30. The third kappa shape index (κ3) is 2.68. The van der Waals surface area contributed by atoms with Crippen molar-refractivity contribution in [2.24, 2.45) is 5.92 Å². The van der Waals surface area contributed by atoms with Crippen molar-refractivity contribution in [2.75, 3.05) is 6.54 Å². The van der Waals surface area contributed by atoms with Gasteiger partial charge in [-0.3, -0.25) is 4.79 Å². The highest BCUT2D eigenvalue weighted by molar-refractivity contribution is 6.15. The van der Waals surface area contributed by atoms with Crippen molar-refractivity contribution in [1.82, 2.24) is 4.81 Å². The molecule has 0 aromatic heterocycles. The number of hydrogen-bond donors (Lipinski definition) is 0. The Hall–Kier alpha value is -1.46. The van der Waals surface area contributed by atoms with Gasteiger partial charge in [0.25, 0.3) is 0 Å². The summed E-state index contributed by atoms with van der Waals surface area (Å²) in [5.74, 6) is -0.0124. The fourth-order valence-electron chi connectivity index (χ4n) is 2.20. The molecule has 6 heteroatoms. The molecule has 0 bridgehead atoms. The number of carbonyl (C=O) groups is 1. The quantitative estimate of drug-likeness (QED) is 0.736. The molecule has 18 heavy (non-hydrogen) atoms. The number of carbonyl (C=O) groups excluding carboxylic acids is 1. The Kier molecular flexibility index (Phi) is 3.37. The van der Waals surface area contributed by atoms with Gasteiger partial charge in [-0.25, -0.2) is 0 Å². The number of halogens is 3. The zero-order chi connectivity index (χ0) is 13.3. The third-order valence-electron chi connectivity index (χ3n) is 3.30. The second kappa shape index (κ2) is 4.67. The highest BCUT2D eigenvalue weighted by Crippen LogP contribution is 2.30. The number of benzene rings is 1. The molecule has 1 aromatic rings. The van der Waals surface area contributed by atoms with Crippen LogP contribution in [0.5, 0.6) is 0 Å². The van der Waals surface area contributed by atoms with E-state index < -0.39 is 11.7 Å². The van der Waals surface area contributed by atoms with Crippen molar-refractivity contribution in [3.63, 3.8) is 0 Å². The summed E-state index contributed by atoms with van der Waals surface area (Å²) < 4.78 is 37.1. The largest absolute Gasteiger partial charge is 0.416 e. The van der Waals surface area contributed by atoms with Gasteiger partial charge in [0.1, 0.15) is 0 Å². The van der Waals surface area contributed by atoms with E-state index in [1.54, 1.807) is 12.8 Å². The first-order valence-electron chi connectivity index (χ1n) is 5.79. The van der Waals surface area contributed by atoms with Gasteiger partial charge in [-0.1, -0.05) is 12.1 Å². The van der Waals surface area contributed by atoms with Crippen LogP contribution >= 0.6 is 0 Å². The van der Waals surface area contributed by atoms with E-state index >= 15 is 0 Å². The molecule has 0 radical (unpaired) electrons. The molecule has 0 saturated carbocycles. The van der Waals surface area contributed by atoms with Gasteiger partial charge in [0.05, 0.1) is 5.56 Å². The summed E-state index contributed by atoms with van der Waals surface area (Å²) >= 11 is 0. The second-order valence-electron chi connectivity index (χ2n) is 4.64. The van der Waals surface area contributed by atoms with Crippen LogP contribution in [0.15, 0.2) is 24.3 Å². The van der Waals surface area contributed by atoms with Gasteiger partial charge >= 0.3 is 6.18 Å². The van der Waals surface area contributed by atoms with Gasteiger partial charge in [0.2, 0.25) is 13.9 Å². The van der Waals surface area contributed by atoms with Crippen LogP contribution < -0.4 is 0 Å². The Morgan fingerprint density at radius 2 is 1.89 bits per heavy atom. The number of hydrogen-bond acceptors (Lipinski definition) is 1. The van der Waals surface area contributed by atoms with Crippen LogP contribution in [0.4, 0.5) is 13.2 Å². The van der Waals surface area contributed by atoms with Gasteiger partial charge in [-0.15, -0.1) is 0 Å². The minimum absolute atomic E-state index is 0.0786. The molecule has 0 N–H and O–H groups in total. The SMILES string of the molecule is BN1CCC(Cc2ccc(C(F)(F)F)cc2)C1=O. The maximum atomic E-state index is 12.4. The van der Waals surface area contributed by atoms with Crippen LogP contribution in [0.25, 0.3) is 0 Å². The molecule has 1 amide bonds. The van der Waals surface area contributed by atoms with Crippen molar-refractivity contribution >= 4 is 13.9 Å². The monoisotopic (exact) mass is 255 g/mol. The Labute approximate surface area is 104 Å². The summed E-state index contributed by atoms with van der Waals surface area (Å²) in [6, 6.07) is 5.04. The second-order valence-corrected chi connectivity index (χ2v) is 4.64. The lowest BCUT2D eigenvalue weighted by Crippen LogP contribution is -2.25. The molecular formula is C12H13BF3NO. The molecule has 1 fully saturated rings. The smallest absolute Gasteiger partial charge is 0.393 e. The molecule has 1 saturated heterocycles.